The molecule has 2 unspecified atom stereocenters. The highest BCUT2D eigenvalue weighted by Crippen LogP contribution is 2.40. The lowest BCUT2D eigenvalue weighted by molar-refractivity contribution is -0.0866. The standard InChI is InChI=1S/C14H25NO2/c1-2-7-14(6-1)10-12(5-9-17-14)15-13-4-3-8-16-11-13/h12-13,15H,1-11H2. The summed E-state index contributed by atoms with van der Waals surface area (Å²) >= 11 is 0. The summed E-state index contributed by atoms with van der Waals surface area (Å²) < 4.78 is 11.6. The van der Waals surface area contributed by atoms with Gasteiger partial charge in [0.1, 0.15) is 0 Å². The fourth-order valence-electron chi connectivity index (χ4n) is 3.74. The molecule has 17 heavy (non-hydrogen) atoms. The van der Waals surface area contributed by atoms with Gasteiger partial charge in [0.2, 0.25) is 0 Å². The second-order valence-corrected chi connectivity index (χ2v) is 6.01. The first-order chi connectivity index (χ1) is 8.36. The molecule has 0 bridgehead atoms. The molecule has 2 aliphatic heterocycles. The van der Waals surface area contributed by atoms with Gasteiger partial charge in [-0.2, -0.15) is 0 Å². The van der Waals surface area contributed by atoms with Gasteiger partial charge in [-0.25, -0.2) is 0 Å². The van der Waals surface area contributed by atoms with Crippen molar-refractivity contribution < 1.29 is 9.47 Å². The van der Waals surface area contributed by atoms with Gasteiger partial charge in [-0.1, -0.05) is 12.8 Å². The van der Waals surface area contributed by atoms with Crippen LogP contribution in [0.5, 0.6) is 0 Å². The Bertz CT molecular complexity index is 245. The summed E-state index contributed by atoms with van der Waals surface area (Å²) in [6.45, 7) is 2.81. The predicted molar refractivity (Wildman–Crippen MR) is 67.1 cm³/mol. The zero-order valence-electron chi connectivity index (χ0n) is 10.7. The van der Waals surface area contributed by atoms with E-state index in [2.05, 4.69) is 5.32 Å². The van der Waals surface area contributed by atoms with Gasteiger partial charge in [-0.05, 0) is 38.5 Å². The van der Waals surface area contributed by atoms with Gasteiger partial charge in [0.15, 0.2) is 0 Å². The van der Waals surface area contributed by atoms with Crippen LogP contribution in [0.15, 0.2) is 0 Å². The quantitative estimate of drug-likeness (QED) is 0.801. The first-order valence-corrected chi connectivity index (χ1v) is 7.34. The van der Waals surface area contributed by atoms with Crippen molar-refractivity contribution >= 4 is 0 Å². The van der Waals surface area contributed by atoms with Crippen LogP contribution in [0.25, 0.3) is 0 Å². The third kappa shape index (κ3) is 2.83. The number of hydrogen-bond acceptors (Lipinski definition) is 3. The number of nitrogens with one attached hydrogen (secondary N) is 1. The van der Waals surface area contributed by atoms with E-state index in [1.54, 1.807) is 0 Å². The number of hydrogen-bond donors (Lipinski definition) is 1. The molecular weight excluding hydrogens is 214 g/mol. The largest absolute Gasteiger partial charge is 0.380 e. The molecule has 0 aromatic heterocycles. The maximum atomic E-state index is 6.07. The lowest BCUT2D eigenvalue weighted by Gasteiger charge is -2.40. The lowest BCUT2D eigenvalue weighted by Crippen LogP contribution is -2.50. The molecule has 3 fully saturated rings. The Labute approximate surface area is 104 Å². The van der Waals surface area contributed by atoms with E-state index in [-0.39, 0.29) is 5.60 Å². The minimum atomic E-state index is 0.242. The minimum absolute atomic E-state index is 0.242. The second kappa shape index (κ2) is 5.25. The molecule has 1 spiro atoms. The molecule has 0 amide bonds. The third-order valence-corrected chi connectivity index (χ3v) is 4.64. The third-order valence-electron chi connectivity index (χ3n) is 4.64. The van der Waals surface area contributed by atoms with Crippen LogP contribution < -0.4 is 5.32 Å². The highest BCUT2D eigenvalue weighted by molar-refractivity contribution is 4.94. The van der Waals surface area contributed by atoms with Crippen molar-refractivity contribution in [2.75, 3.05) is 19.8 Å². The first-order valence-electron chi connectivity index (χ1n) is 7.34. The van der Waals surface area contributed by atoms with E-state index in [1.165, 1.54) is 51.4 Å². The molecule has 1 N–H and O–H groups in total. The van der Waals surface area contributed by atoms with Crippen LogP contribution in [0, 0.1) is 0 Å². The Morgan fingerprint density at radius 2 is 1.82 bits per heavy atom. The van der Waals surface area contributed by atoms with Gasteiger partial charge in [-0.15, -0.1) is 0 Å². The van der Waals surface area contributed by atoms with Crippen molar-refractivity contribution in [3.63, 3.8) is 0 Å². The monoisotopic (exact) mass is 239 g/mol. The number of rotatable bonds is 2. The number of ether oxygens (including phenoxy) is 2. The topological polar surface area (TPSA) is 30.5 Å². The Balaban J connectivity index is 1.52. The molecule has 1 saturated carbocycles. The van der Waals surface area contributed by atoms with E-state index < -0.39 is 0 Å². The highest BCUT2D eigenvalue weighted by Gasteiger charge is 2.40. The van der Waals surface area contributed by atoms with Crippen LogP contribution in [0.1, 0.15) is 51.4 Å². The molecule has 2 atom stereocenters. The molecule has 3 heteroatoms. The molecule has 3 nitrogen and oxygen atoms in total. The molecule has 3 rings (SSSR count). The van der Waals surface area contributed by atoms with Crippen LogP contribution >= 0.6 is 0 Å². The van der Waals surface area contributed by atoms with Gasteiger partial charge in [-0.3, -0.25) is 0 Å². The van der Waals surface area contributed by atoms with Crippen molar-refractivity contribution in [2.45, 2.75) is 69.1 Å². The van der Waals surface area contributed by atoms with Crippen molar-refractivity contribution in [2.24, 2.45) is 0 Å². The summed E-state index contributed by atoms with van der Waals surface area (Å²) in [4.78, 5) is 0. The molecule has 3 aliphatic rings. The van der Waals surface area contributed by atoms with Gasteiger partial charge in [0, 0.05) is 25.3 Å². The highest BCUT2D eigenvalue weighted by atomic mass is 16.5. The van der Waals surface area contributed by atoms with Crippen molar-refractivity contribution in [3.8, 4) is 0 Å². The maximum absolute atomic E-state index is 6.07. The molecule has 0 aromatic carbocycles. The summed E-state index contributed by atoms with van der Waals surface area (Å²) in [7, 11) is 0. The lowest BCUT2D eigenvalue weighted by atomic mass is 9.88. The van der Waals surface area contributed by atoms with Crippen molar-refractivity contribution in [1.82, 2.24) is 5.32 Å². The second-order valence-electron chi connectivity index (χ2n) is 6.01. The SMILES string of the molecule is C1COCC(NC2CCOC3(CCCC3)C2)C1. The molecule has 98 valence electrons. The summed E-state index contributed by atoms with van der Waals surface area (Å²) in [6, 6.07) is 1.25. The predicted octanol–water partition coefficient (Wildman–Crippen LogP) is 2.25. The van der Waals surface area contributed by atoms with E-state index in [0.29, 0.717) is 12.1 Å². The average Bonchev–Trinajstić information content (AvgIpc) is 2.79. The first kappa shape index (κ1) is 11.9. The summed E-state index contributed by atoms with van der Waals surface area (Å²) in [5.74, 6) is 0. The Morgan fingerprint density at radius 3 is 2.59 bits per heavy atom. The van der Waals surface area contributed by atoms with Gasteiger partial charge in [0.05, 0.1) is 12.2 Å². The summed E-state index contributed by atoms with van der Waals surface area (Å²) in [6.07, 6.45) is 10.2. The zero-order valence-corrected chi connectivity index (χ0v) is 10.7. The van der Waals surface area contributed by atoms with Crippen LogP contribution in [0.3, 0.4) is 0 Å². The molecular formula is C14H25NO2. The molecule has 1 aliphatic carbocycles. The molecule has 2 heterocycles. The fourth-order valence-corrected chi connectivity index (χ4v) is 3.74. The molecule has 0 radical (unpaired) electrons. The zero-order chi connectivity index (χ0) is 11.6. The van der Waals surface area contributed by atoms with Crippen LogP contribution in [-0.4, -0.2) is 37.5 Å². The normalized spacial score (nSPS) is 37.4. The van der Waals surface area contributed by atoms with E-state index in [0.717, 1.165) is 19.8 Å². The smallest absolute Gasteiger partial charge is 0.0697 e. The van der Waals surface area contributed by atoms with Crippen LogP contribution in [0.2, 0.25) is 0 Å². The Morgan fingerprint density at radius 1 is 0.941 bits per heavy atom. The average molecular weight is 239 g/mol. The van der Waals surface area contributed by atoms with Gasteiger partial charge in [0.25, 0.3) is 0 Å². The fraction of sp³-hybridized carbons (Fsp3) is 1.00. The maximum Gasteiger partial charge on any atom is 0.0697 e. The van der Waals surface area contributed by atoms with Crippen LogP contribution in [0.4, 0.5) is 0 Å². The van der Waals surface area contributed by atoms with E-state index in [4.69, 9.17) is 9.47 Å². The summed E-state index contributed by atoms with van der Waals surface area (Å²) in [5.41, 5.74) is 0.242. The minimum Gasteiger partial charge on any atom is -0.380 e. The van der Waals surface area contributed by atoms with Crippen LogP contribution in [-0.2, 0) is 9.47 Å². The molecule has 0 aromatic rings. The van der Waals surface area contributed by atoms with E-state index in [9.17, 15) is 0 Å². The van der Waals surface area contributed by atoms with E-state index >= 15 is 0 Å². The van der Waals surface area contributed by atoms with Gasteiger partial charge < -0.3 is 14.8 Å². The van der Waals surface area contributed by atoms with Gasteiger partial charge >= 0.3 is 0 Å². The van der Waals surface area contributed by atoms with E-state index in [1.807, 2.05) is 0 Å². The Kier molecular flexibility index (Phi) is 3.69. The summed E-state index contributed by atoms with van der Waals surface area (Å²) in [5, 5.41) is 3.80. The van der Waals surface area contributed by atoms with Crippen molar-refractivity contribution in [3.05, 3.63) is 0 Å². The Hall–Kier alpha value is -0.120. The molecule has 2 saturated heterocycles. The van der Waals surface area contributed by atoms with Crippen molar-refractivity contribution in [1.29, 1.82) is 0 Å².